The Kier molecular flexibility index (Phi) is 7.88. The minimum Gasteiger partial charge on any atom is -0.362 e. The predicted octanol–water partition coefficient (Wildman–Crippen LogP) is 3.65. The summed E-state index contributed by atoms with van der Waals surface area (Å²) in [5, 5.41) is 6.13. The van der Waals surface area contributed by atoms with Crippen molar-refractivity contribution in [3.8, 4) is 5.69 Å². The lowest BCUT2D eigenvalue weighted by molar-refractivity contribution is 0.0919. The number of benzene rings is 1. The minimum absolute atomic E-state index is 0.0423. The predicted molar refractivity (Wildman–Crippen MR) is 156 cm³/mol. The Hall–Kier alpha value is -4.18. The Morgan fingerprint density at radius 1 is 1.00 bits per heavy atom. The van der Waals surface area contributed by atoms with Crippen molar-refractivity contribution in [2.24, 2.45) is 5.92 Å². The van der Waals surface area contributed by atoms with E-state index in [1.807, 2.05) is 42.9 Å². The molecular weight excluding hydrogens is 530 g/mol. The van der Waals surface area contributed by atoms with Gasteiger partial charge in [0.25, 0.3) is 11.8 Å². The summed E-state index contributed by atoms with van der Waals surface area (Å²) < 4.78 is 3.47. The first-order chi connectivity index (χ1) is 19.3. The topological polar surface area (TPSA) is 114 Å². The Balaban J connectivity index is 1.30. The molecule has 1 fully saturated rings. The van der Waals surface area contributed by atoms with Crippen LogP contribution in [0.1, 0.15) is 46.5 Å². The first-order valence-corrected chi connectivity index (χ1v) is 13.7. The third kappa shape index (κ3) is 5.44. The van der Waals surface area contributed by atoms with E-state index in [-0.39, 0.29) is 29.2 Å². The van der Waals surface area contributed by atoms with Crippen LogP contribution in [0.4, 0.5) is 5.82 Å². The SMILES string of the molecule is CNC(=O)c1ccc(-n2c(=O)n(CC3CCC(NC(=O)c4cc(Cl)cnc4N(C)C)CC3)c3ccccc32)cn1. The number of anilines is 1. The van der Waals surface area contributed by atoms with Crippen LogP contribution >= 0.6 is 11.6 Å². The quantitative estimate of drug-likeness (QED) is 0.356. The number of nitrogens with zero attached hydrogens (tertiary/aromatic N) is 5. The number of para-hydroxylation sites is 2. The van der Waals surface area contributed by atoms with Crippen molar-refractivity contribution in [3.05, 3.63) is 81.6 Å². The average molecular weight is 562 g/mol. The molecule has 208 valence electrons. The molecule has 1 aliphatic carbocycles. The fraction of sp³-hybridized carbons (Fsp3) is 0.345. The third-order valence-corrected chi connectivity index (χ3v) is 7.63. The van der Waals surface area contributed by atoms with E-state index in [4.69, 9.17) is 11.6 Å². The van der Waals surface area contributed by atoms with Gasteiger partial charge in [-0.15, -0.1) is 0 Å². The lowest BCUT2D eigenvalue weighted by Gasteiger charge is -2.29. The molecule has 3 aromatic heterocycles. The number of pyridine rings is 2. The van der Waals surface area contributed by atoms with Crippen LogP contribution in [0.15, 0.2) is 59.7 Å². The monoisotopic (exact) mass is 561 g/mol. The van der Waals surface area contributed by atoms with Crippen molar-refractivity contribution < 1.29 is 9.59 Å². The highest BCUT2D eigenvalue weighted by Crippen LogP contribution is 2.28. The van der Waals surface area contributed by atoms with E-state index in [1.165, 1.54) is 6.20 Å². The molecule has 1 aromatic carbocycles. The molecule has 3 heterocycles. The van der Waals surface area contributed by atoms with Gasteiger partial charge in [-0.1, -0.05) is 23.7 Å². The fourth-order valence-electron chi connectivity index (χ4n) is 5.38. The van der Waals surface area contributed by atoms with Crippen LogP contribution in [-0.4, -0.2) is 58.1 Å². The summed E-state index contributed by atoms with van der Waals surface area (Å²) in [6, 6.07) is 12.7. The van der Waals surface area contributed by atoms with Gasteiger partial charge in [0.2, 0.25) is 0 Å². The largest absolute Gasteiger partial charge is 0.362 e. The van der Waals surface area contributed by atoms with Crippen LogP contribution in [0.25, 0.3) is 16.7 Å². The number of halogens is 1. The van der Waals surface area contributed by atoms with Gasteiger partial charge < -0.3 is 15.5 Å². The Morgan fingerprint density at radius 3 is 2.38 bits per heavy atom. The van der Waals surface area contributed by atoms with Gasteiger partial charge in [-0.2, -0.15) is 0 Å². The molecule has 1 aliphatic rings. The number of hydrogen-bond acceptors (Lipinski definition) is 6. The molecule has 40 heavy (non-hydrogen) atoms. The van der Waals surface area contributed by atoms with Gasteiger partial charge in [-0.3, -0.25) is 18.7 Å². The summed E-state index contributed by atoms with van der Waals surface area (Å²) in [6.07, 6.45) is 6.49. The lowest BCUT2D eigenvalue weighted by atomic mass is 9.85. The molecule has 0 saturated heterocycles. The molecule has 4 aromatic rings. The summed E-state index contributed by atoms with van der Waals surface area (Å²) in [6.45, 7) is 0.583. The standard InChI is InChI=1S/C29H32ClN7O3/c1-31-28(39)23-13-12-21(16-32-23)37-25-7-5-4-6-24(25)36(29(37)40)17-18-8-10-20(11-9-18)34-27(38)22-14-19(30)15-33-26(22)35(2)3/h4-7,12-16,18,20H,8-11,17H2,1-3H3,(H,31,39)(H,34,38). The van der Waals surface area contributed by atoms with Crippen molar-refractivity contribution in [2.45, 2.75) is 38.3 Å². The first-order valence-electron chi connectivity index (χ1n) is 13.3. The van der Waals surface area contributed by atoms with Crippen molar-refractivity contribution >= 4 is 40.3 Å². The van der Waals surface area contributed by atoms with Crippen LogP contribution in [0, 0.1) is 5.92 Å². The normalized spacial score (nSPS) is 17.0. The zero-order valence-electron chi connectivity index (χ0n) is 22.7. The van der Waals surface area contributed by atoms with Crippen molar-refractivity contribution in [2.75, 3.05) is 26.0 Å². The van der Waals surface area contributed by atoms with Gasteiger partial charge in [0, 0.05) is 39.9 Å². The first kappa shape index (κ1) is 27.4. The summed E-state index contributed by atoms with van der Waals surface area (Å²) in [4.78, 5) is 48.9. The zero-order chi connectivity index (χ0) is 28.4. The molecule has 0 spiro atoms. The second-order valence-electron chi connectivity index (χ2n) is 10.3. The Labute approximate surface area is 237 Å². The van der Waals surface area contributed by atoms with Gasteiger partial charge in [0.15, 0.2) is 0 Å². The van der Waals surface area contributed by atoms with E-state index < -0.39 is 0 Å². The molecule has 1 saturated carbocycles. The van der Waals surface area contributed by atoms with Gasteiger partial charge in [0.05, 0.1) is 33.5 Å². The highest BCUT2D eigenvalue weighted by atomic mass is 35.5. The van der Waals surface area contributed by atoms with Crippen LogP contribution in [-0.2, 0) is 6.54 Å². The molecule has 10 nitrogen and oxygen atoms in total. The number of carbonyl (C=O) groups excluding carboxylic acids is 2. The maximum absolute atomic E-state index is 13.7. The molecule has 5 rings (SSSR count). The maximum atomic E-state index is 13.7. The molecule has 11 heteroatoms. The minimum atomic E-state index is -0.282. The second-order valence-corrected chi connectivity index (χ2v) is 10.7. The van der Waals surface area contributed by atoms with Crippen LogP contribution in [0.5, 0.6) is 0 Å². The summed E-state index contributed by atoms with van der Waals surface area (Å²) in [7, 11) is 5.23. The Morgan fingerprint density at radius 2 is 1.73 bits per heavy atom. The third-order valence-electron chi connectivity index (χ3n) is 7.43. The van der Waals surface area contributed by atoms with Crippen molar-refractivity contribution in [1.29, 1.82) is 0 Å². The van der Waals surface area contributed by atoms with E-state index in [9.17, 15) is 14.4 Å². The van der Waals surface area contributed by atoms with Gasteiger partial charge in [-0.05, 0) is 61.9 Å². The molecule has 2 N–H and O–H groups in total. The van der Waals surface area contributed by atoms with Crippen LogP contribution < -0.4 is 21.2 Å². The van der Waals surface area contributed by atoms with Gasteiger partial charge in [0.1, 0.15) is 11.5 Å². The van der Waals surface area contributed by atoms with Crippen LogP contribution in [0.2, 0.25) is 5.02 Å². The number of rotatable bonds is 7. The molecule has 0 unspecified atom stereocenters. The van der Waals surface area contributed by atoms with E-state index in [2.05, 4.69) is 20.6 Å². The zero-order valence-corrected chi connectivity index (χ0v) is 23.5. The highest BCUT2D eigenvalue weighted by molar-refractivity contribution is 6.31. The summed E-state index contributed by atoms with van der Waals surface area (Å²) in [5.74, 6) is 0.404. The molecule has 0 aliphatic heterocycles. The number of amides is 2. The van der Waals surface area contributed by atoms with E-state index in [0.717, 1.165) is 36.7 Å². The molecule has 0 bridgehead atoms. The Bertz CT molecular complexity index is 1600. The number of fused-ring (bicyclic) bond motifs is 1. The highest BCUT2D eigenvalue weighted by Gasteiger charge is 2.26. The number of nitrogens with one attached hydrogen (secondary N) is 2. The van der Waals surface area contributed by atoms with Crippen molar-refractivity contribution in [1.82, 2.24) is 29.7 Å². The van der Waals surface area contributed by atoms with Crippen molar-refractivity contribution in [3.63, 3.8) is 0 Å². The smallest absolute Gasteiger partial charge is 0.333 e. The van der Waals surface area contributed by atoms with Gasteiger partial charge >= 0.3 is 5.69 Å². The van der Waals surface area contributed by atoms with E-state index in [0.29, 0.717) is 34.6 Å². The maximum Gasteiger partial charge on any atom is 0.333 e. The number of aromatic nitrogens is 4. The van der Waals surface area contributed by atoms with E-state index in [1.54, 1.807) is 40.9 Å². The average Bonchev–Trinajstić information content (AvgIpc) is 3.24. The number of carbonyl (C=O) groups is 2. The van der Waals surface area contributed by atoms with Crippen LogP contribution in [0.3, 0.4) is 0 Å². The number of hydrogen-bond donors (Lipinski definition) is 2. The second kappa shape index (κ2) is 11.5. The van der Waals surface area contributed by atoms with Gasteiger partial charge in [-0.25, -0.2) is 14.8 Å². The molecule has 2 amide bonds. The molecule has 0 radical (unpaired) electrons. The molecule has 0 atom stereocenters. The number of imidazole rings is 1. The summed E-state index contributed by atoms with van der Waals surface area (Å²) in [5.41, 5.74) is 2.84. The molecular formula is C29H32ClN7O3. The fourth-order valence-corrected chi connectivity index (χ4v) is 5.54. The van der Waals surface area contributed by atoms with E-state index >= 15 is 0 Å². The lowest BCUT2D eigenvalue weighted by Crippen LogP contribution is -2.39. The summed E-state index contributed by atoms with van der Waals surface area (Å²) >= 11 is 6.11.